The summed E-state index contributed by atoms with van der Waals surface area (Å²) in [4.78, 5) is 16.3. The molecule has 1 atom stereocenters. The molecule has 2 rings (SSSR count). The third kappa shape index (κ3) is 3.84. The fourth-order valence-corrected chi connectivity index (χ4v) is 2.42. The largest absolute Gasteiger partial charge is 0.325 e. The quantitative estimate of drug-likeness (QED) is 0.831. The maximum absolute atomic E-state index is 12.1. The predicted octanol–water partition coefficient (Wildman–Crippen LogP) is 2.79. The number of aromatic nitrogens is 3. The molecule has 106 valence electrons. The number of nitrogens with one attached hydrogen (secondary N) is 2. The molecular formula is C14H18N4OS. The first kappa shape index (κ1) is 14.6. The van der Waals surface area contributed by atoms with Gasteiger partial charge < -0.3 is 5.32 Å². The molecule has 20 heavy (non-hydrogen) atoms. The standard InChI is InChI=1S/C14H18N4OS/c1-4-11-5-7-12(8-6-11)16-13(19)9(2)20-14-15-10(3)17-18-14/h5-9H,4H2,1-3H3,(H,16,19)(H,15,17,18). The van der Waals surface area contributed by atoms with Gasteiger partial charge in [-0.1, -0.05) is 30.8 Å². The average molecular weight is 290 g/mol. The Balaban J connectivity index is 1.93. The van der Waals surface area contributed by atoms with Crippen LogP contribution in [0.25, 0.3) is 0 Å². The number of benzene rings is 1. The number of rotatable bonds is 5. The summed E-state index contributed by atoms with van der Waals surface area (Å²) in [6.45, 7) is 5.77. The number of hydrogen-bond donors (Lipinski definition) is 2. The summed E-state index contributed by atoms with van der Waals surface area (Å²) in [5, 5.41) is 10.0. The van der Waals surface area contributed by atoms with Crippen LogP contribution in [0.15, 0.2) is 29.4 Å². The Bertz CT molecular complexity index is 579. The van der Waals surface area contributed by atoms with E-state index in [1.165, 1.54) is 17.3 Å². The number of anilines is 1. The van der Waals surface area contributed by atoms with Gasteiger partial charge in [0.15, 0.2) is 0 Å². The molecule has 0 aliphatic rings. The summed E-state index contributed by atoms with van der Waals surface area (Å²) in [6, 6.07) is 7.88. The Morgan fingerprint density at radius 2 is 2.10 bits per heavy atom. The van der Waals surface area contributed by atoms with Gasteiger partial charge in [0.2, 0.25) is 11.1 Å². The van der Waals surface area contributed by atoms with Crippen molar-refractivity contribution in [3.8, 4) is 0 Å². The lowest BCUT2D eigenvalue weighted by atomic mass is 10.1. The number of nitrogens with zero attached hydrogens (tertiary/aromatic N) is 2. The van der Waals surface area contributed by atoms with E-state index in [0.717, 1.165) is 17.9 Å². The molecule has 0 aliphatic heterocycles. The van der Waals surface area contributed by atoms with Crippen molar-refractivity contribution in [2.75, 3.05) is 5.32 Å². The first-order valence-electron chi connectivity index (χ1n) is 6.54. The van der Waals surface area contributed by atoms with Gasteiger partial charge in [0.05, 0.1) is 5.25 Å². The highest BCUT2D eigenvalue weighted by Crippen LogP contribution is 2.20. The Kier molecular flexibility index (Phi) is 4.79. The molecule has 1 unspecified atom stereocenters. The predicted molar refractivity (Wildman–Crippen MR) is 80.9 cm³/mol. The molecule has 0 bridgehead atoms. The molecule has 1 amide bonds. The van der Waals surface area contributed by atoms with E-state index in [1.54, 1.807) is 0 Å². The maximum atomic E-state index is 12.1. The van der Waals surface area contributed by atoms with E-state index in [1.807, 2.05) is 38.1 Å². The molecule has 1 aromatic heterocycles. The molecule has 1 heterocycles. The number of carbonyl (C=O) groups is 1. The molecule has 6 heteroatoms. The molecule has 0 saturated heterocycles. The Hall–Kier alpha value is -1.82. The summed E-state index contributed by atoms with van der Waals surface area (Å²) in [7, 11) is 0. The number of amides is 1. The van der Waals surface area contributed by atoms with Gasteiger partial charge in [-0.25, -0.2) is 4.98 Å². The van der Waals surface area contributed by atoms with Crippen LogP contribution in [-0.4, -0.2) is 26.3 Å². The number of H-pyrrole nitrogens is 1. The van der Waals surface area contributed by atoms with E-state index < -0.39 is 0 Å². The van der Waals surface area contributed by atoms with Crippen molar-refractivity contribution in [1.29, 1.82) is 0 Å². The highest BCUT2D eigenvalue weighted by atomic mass is 32.2. The molecule has 2 N–H and O–H groups in total. The van der Waals surface area contributed by atoms with Crippen LogP contribution in [0.1, 0.15) is 25.2 Å². The van der Waals surface area contributed by atoms with Crippen LogP contribution < -0.4 is 5.32 Å². The Labute approximate surface area is 122 Å². The zero-order valence-electron chi connectivity index (χ0n) is 11.8. The van der Waals surface area contributed by atoms with Crippen LogP contribution in [0.5, 0.6) is 0 Å². The van der Waals surface area contributed by atoms with Crippen molar-refractivity contribution in [2.45, 2.75) is 37.6 Å². The summed E-state index contributed by atoms with van der Waals surface area (Å²) < 4.78 is 0. The van der Waals surface area contributed by atoms with Crippen molar-refractivity contribution < 1.29 is 4.79 Å². The van der Waals surface area contributed by atoms with Crippen molar-refractivity contribution in [2.24, 2.45) is 0 Å². The van der Waals surface area contributed by atoms with E-state index in [-0.39, 0.29) is 11.2 Å². The van der Waals surface area contributed by atoms with Gasteiger partial charge in [0.1, 0.15) is 5.82 Å². The van der Waals surface area contributed by atoms with E-state index in [0.29, 0.717) is 5.16 Å². The number of carbonyl (C=O) groups excluding carboxylic acids is 1. The lowest BCUT2D eigenvalue weighted by molar-refractivity contribution is -0.115. The van der Waals surface area contributed by atoms with E-state index in [2.05, 4.69) is 27.4 Å². The zero-order chi connectivity index (χ0) is 14.5. The first-order chi connectivity index (χ1) is 9.58. The number of thioether (sulfide) groups is 1. The van der Waals surface area contributed by atoms with Crippen molar-refractivity contribution in [3.63, 3.8) is 0 Å². The number of hydrogen-bond acceptors (Lipinski definition) is 4. The lowest BCUT2D eigenvalue weighted by Crippen LogP contribution is -2.22. The third-order valence-electron chi connectivity index (χ3n) is 2.86. The van der Waals surface area contributed by atoms with Gasteiger partial charge in [-0.3, -0.25) is 9.89 Å². The third-order valence-corrected chi connectivity index (χ3v) is 3.82. The summed E-state index contributed by atoms with van der Waals surface area (Å²) in [5.41, 5.74) is 2.06. The molecule has 0 fully saturated rings. The second-order valence-corrected chi connectivity index (χ2v) is 5.81. The van der Waals surface area contributed by atoms with Crippen molar-refractivity contribution in [1.82, 2.24) is 15.2 Å². The van der Waals surface area contributed by atoms with Crippen LogP contribution in [0.3, 0.4) is 0 Å². The van der Waals surface area contributed by atoms with Crippen LogP contribution in [-0.2, 0) is 11.2 Å². The van der Waals surface area contributed by atoms with Gasteiger partial charge in [0, 0.05) is 5.69 Å². The molecule has 0 spiro atoms. The van der Waals surface area contributed by atoms with E-state index in [9.17, 15) is 4.79 Å². The highest BCUT2D eigenvalue weighted by molar-refractivity contribution is 8.00. The number of aromatic amines is 1. The minimum atomic E-state index is -0.254. The minimum Gasteiger partial charge on any atom is -0.325 e. The molecule has 0 aliphatic carbocycles. The van der Waals surface area contributed by atoms with E-state index >= 15 is 0 Å². The van der Waals surface area contributed by atoms with Crippen molar-refractivity contribution in [3.05, 3.63) is 35.7 Å². The van der Waals surface area contributed by atoms with Crippen LogP contribution >= 0.6 is 11.8 Å². The second-order valence-electron chi connectivity index (χ2n) is 4.50. The zero-order valence-corrected chi connectivity index (χ0v) is 12.6. The molecule has 5 nitrogen and oxygen atoms in total. The minimum absolute atomic E-state index is 0.0540. The van der Waals surface area contributed by atoms with Gasteiger partial charge in [-0.15, -0.1) is 5.10 Å². The maximum Gasteiger partial charge on any atom is 0.237 e. The number of aryl methyl sites for hydroxylation is 2. The Morgan fingerprint density at radius 3 is 2.65 bits per heavy atom. The average Bonchev–Trinajstić information content (AvgIpc) is 2.85. The van der Waals surface area contributed by atoms with Gasteiger partial charge in [-0.2, -0.15) is 0 Å². The van der Waals surface area contributed by atoms with Gasteiger partial charge >= 0.3 is 0 Å². The summed E-state index contributed by atoms with van der Waals surface area (Å²) >= 11 is 1.33. The van der Waals surface area contributed by atoms with Crippen LogP contribution in [0, 0.1) is 6.92 Å². The topological polar surface area (TPSA) is 70.7 Å². The molecule has 0 saturated carbocycles. The summed E-state index contributed by atoms with van der Waals surface area (Å²) in [6.07, 6.45) is 0.991. The molecule has 0 radical (unpaired) electrons. The normalized spacial score (nSPS) is 12.2. The van der Waals surface area contributed by atoms with Gasteiger partial charge in [0.25, 0.3) is 0 Å². The Morgan fingerprint density at radius 1 is 1.40 bits per heavy atom. The van der Waals surface area contributed by atoms with Crippen LogP contribution in [0.2, 0.25) is 0 Å². The van der Waals surface area contributed by atoms with Crippen molar-refractivity contribution >= 4 is 23.4 Å². The fraction of sp³-hybridized carbons (Fsp3) is 0.357. The first-order valence-corrected chi connectivity index (χ1v) is 7.42. The molecular weight excluding hydrogens is 272 g/mol. The SMILES string of the molecule is CCc1ccc(NC(=O)C(C)Sc2n[nH]c(C)n2)cc1. The second kappa shape index (κ2) is 6.56. The molecule has 1 aromatic carbocycles. The highest BCUT2D eigenvalue weighted by Gasteiger charge is 2.16. The summed E-state index contributed by atoms with van der Waals surface area (Å²) in [5.74, 6) is 0.692. The smallest absolute Gasteiger partial charge is 0.237 e. The lowest BCUT2D eigenvalue weighted by Gasteiger charge is -2.10. The molecule has 2 aromatic rings. The fourth-order valence-electron chi connectivity index (χ4n) is 1.65. The van der Waals surface area contributed by atoms with E-state index in [4.69, 9.17) is 0 Å². The van der Waals surface area contributed by atoms with Crippen LogP contribution in [0.4, 0.5) is 5.69 Å². The van der Waals surface area contributed by atoms with Gasteiger partial charge in [-0.05, 0) is 38.0 Å². The monoisotopic (exact) mass is 290 g/mol.